The second-order valence-corrected chi connectivity index (χ2v) is 9.48. The maximum Gasteiger partial charge on any atom is 0.170 e. The molecule has 7 heteroatoms. The molecule has 1 N–H and O–H groups in total. The highest BCUT2D eigenvalue weighted by Gasteiger charge is 2.40. The molecule has 0 spiro atoms. The van der Waals surface area contributed by atoms with E-state index < -0.39 is 0 Å². The van der Waals surface area contributed by atoms with Crippen LogP contribution >= 0.6 is 12.2 Å². The average Bonchev–Trinajstić information content (AvgIpc) is 3.35. The van der Waals surface area contributed by atoms with Crippen LogP contribution < -0.4 is 10.2 Å². The Kier molecular flexibility index (Phi) is 6.57. The van der Waals surface area contributed by atoms with Crippen LogP contribution in [-0.4, -0.2) is 52.4 Å². The maximum absolute atomic E-state index is 5.78. The molecule has 0 unspecified atom stereocenters. The first-order valence-corrected chi connectivity index (χ1v) is 12.6. The van der Waals surface area contributed by atoms with E-state index in [-0.39, 0.29) is 12.1 Å². The topological polar surface area (TPSA) is 45.6 Å². The van der Waals surface area contributed by atoms with E-state index >= 15 is 0 Å². The third-order valence-corrected chi connectivity index (χ3v) is 7.29. The highest BCUT2D eigenvalue weighted by atomic mass is 32.1. The number of aryl methyl sites for hydroxylation is 1. The fourth-order valence-electron chi connectivity index (χ4n) is 5.34. The minimum atomic E-state index is 0.0258. The van der Waals surface area contributed by atoms with Gasteiger partial charge in [0.2, 0.25) is 0 Å². The van der Waals surface area contributed by atoms with E-state index in [4.69, 9.17) is 17.0 Å². The molecule has 2 aliphatic rings. The minimum absolute atomic E-state index is 0.0258. The van der Waals surface area contributed by atoms with E-state index in [1.54, 1.807) is 0 Å². The van der Waals surface area contributed by atoms with Crippen molar-refractivity contribution in [3.63, 3.8) is 0 Å². The van der Waals surface area contributed by atoms with Crippen LogP contribution in [0.4, 0.5) is 5.69 Å². The monoisotopic (exact) mass is 475 g/mol. The van der Waals surface area contributed by atoms with Crippen molar-refractivity contribution in [3.8, 4) is 5.69 Å². The normalized spacial score (nSPS) is 20.6. The third-order valence-electron chi connectivity index (χ3n) is 6.94. The van der Waals surface area contributed by atoms with Crippen molar-refractivity contribution in [1.82, 2.24) is 19.8 Å². The Morgan fingerprint density at radius 3 is 2.47 bits per heavy atom. The van der Waals surface area contributed by atoms with Crippen LogP contribution in [0.5, 0.6) is 0 Å². The molecule has 5 rings (SSSR count). The van der Waals surface area contributed by atoms with Gasteiger partial charge in [0.1, 0.15) is 0 Å². The van der Waals surface area contributed by atoms with Gasteiger partial charge in [0.25, 0.3) is 0 Å². The molecule has 0 amide bonds. The molecule has 34 heavy (non-hydrogen) atoms. The van der Waals surface area contributed by atoms with Gasteiger partial charge in [0.15, 0.2) is 5.11 Å². The number of aromatic nitrogens is 2. The van der Waals surface area contributed by atoms with Gasteiger partial charge in [0.05, 0.1) is 31.0 Å². The molecular formula is C27H33N5OS. The molecule has 0 bridgehead atoms. The highest BCUT2D eigenvalue weighted by molar-refractivity contribution is 7.80. The molecule has 2 aromatic heterocycles. The quantitative estimate of drug-likeness (QED) is 0.521. The number of pyridine rings is 1. The fraction of sp³-hybridized carbons (Fsp3) is 0.407. The Morgan fingerprint density at radius 1 is 1.06 bits per heavy atom. The third kappa shape index (κ3) is 4.18. The molecule has 6 nitrogen and oxygen atoms in total. The lowest BCUT2D eigenvalue weighted by atomic mass is 9.96. The SMILES string of the molecule is CCCN1C(=S)N[C@H](c2ccccn2)[C@@H]1c1cc(C)n(-c2ccc(N3CCOCC3)cc2)c1C. The van der Waals surface area contributed by atoms with Crippen LogP contribution in [0, 0.1) is 13.8 Å². The predicted molar refractivity (Wildman–Crippen MR) is 141 cm³/mol. The molecule has 2 aliphatic heterocycles. The van der Waals surface area contributed by atoms with E-state index in [1.165, 1.54) is 28.3 Å². The highest BCUT2D eigenvalue weighted by Crippen LogP contribution is 2.41. The molecule has 2 atom stereocenters. The summed E-state index contributed by atoms with van der Waals surface area (Å²) in [6.07, 6.45) is 2.90. The van der Waals surface area contributed by atoms with E-state index in [0.29, 0.717) is 0 Å². The number of rotatable bonds is 6. The van der Waals surface area contributed by atoms with Crippen LogP contribution in [0.1, 0.15) is 48.1 Å². The van der Waals surface area contributed by atoms with E-state index in [0.717, 1.165) is 50.1 Å². The van der Waals surface area contributed by atoms with Crippen LogP contribution in [-0.2, 0) is 4.74 Å². The van der Waals surface area contributed by atoms with Gasteiger partial charge in [-0.05, 0) is 80.5 Å². The smallest absolute Gasteiger partial charge is 0.170 e. The molecule has 0 radical (unpaired) electrons. The van der Waals surface area contributed by atoms with Crippen molar-refractivity contribution in [3.05, 3.63) is 77.4 Å². The summed E-state index contributed by atoms with van der Waals surface area (Å²) in [5, 5.41) is 4.37. The molecule has 0 aliphatic carbocycles. The Bertz CT molecular complexity index is 1140. The lowest BCUT2D eigenvalue weighted by Gasteiger charge is -2.29. The molecule has 1 aromatic carbocycles. The van der Waals surface area contributed by atoms with Gasteiger partial charge in [-0.3, -0.25) is 4.98 Å². The summed E-state index contributed by atoms with van der Waals surface area (Å²) >= 11 is 5.78. The zero-order chi connectivity index (χ0) is 23.7. The van der Waals surface area contributed by atoms with Crippen molar-refractivity contribution < 1.29 is 4.74 Å². The van der Waals surface area contributed by atoms with E-state index in [9.17, 15) is 0 Å². The maximum atomic E-state index is 5.78. The number of morpholine rings is 1. The standard InChI is InChI=1S/C27H33N5OS/c1-4-13-31-26(25(29-27(31)34)24-7-5-6-12-28-24)23-18-19(2)32(20(23)3)22-10-8-21(9-11-22)30-14-16-33-17-15-30/h5-12,18,25-26H,4,13-17H2,1-3H3,(H,29,34)/t25-,26+/m1/s1. The van der Waals surface area contributed by atoms with Gasteiger partial charge in [-0.25, -0.2) is 0 Å². The average molecular weight is 476 g/mol. The summed E-state index contributed by atoms with van der Waals surface area (Å²) in [5.74, 6) is 0. The van der Waals surface area contributed by atoms with Crippen LogP contribution in [0.15, 0.2) is 54.7 Å². The second-order valence-electron chi connectivity index (χ2n) is 9.10. The summed E-state index contributed by atoms with van der Waals surface area (Å²) in [5.41, 5.74) is 7.22. The van der Waals surface area contributed by atoms with E-state index in [2.05, 4.69) is 81.8 Å². The van der Waals surface area contributed by atoms with Crippen molar-refractivity contribution in [2.75, 3.05) is 37.7 Å². The first kappa shape index (κ1) is 22.9. The molecule has 4 heterocycles. The lowest BCUT2D eigenvalue weighted by Crippen LogP contribution is -2.36. The minimum Gasteiger partial charge on any atom is -0.378 e. The molecule has 3 aromatic rings. The van der Waals surface area contributed by atoms with Crippen LogP contribution in [0.25, 0.3) is 5.69 Å². The van der Waals surface area contributed by atoms with Gasteiger partial charge in [-0.1, -0.05) is 13.0 Å². The van der Waals surface area contributed by atoms with Crippen molar-refractivity contribution in [1.29, 1.82) is 0 Å². The summed E-state index contributed by atoms with van der Waals surface area (Å²) in [7, 11) is 0. The Morgan fingerprint density at radius 2 is 1.79 bits per heavy atom. The first-order chi connectivity index (χ1) is 16.6. The number of anilines is 1. The Labute approximate surface area is 207 Å². The summed E-state index contributed by atoms with van der Waals surface area (Å²) < 4.78 is 7.86. The fourth-order valence-corrected chi connectivity index (χ4v) is 5.68. The number of thiocarbonyl (C=S) groups is 1. The zero-order valence-electron chi connectivity index (χ0n) is 20.2. The number of nitrogens with one attached hydrogen (secondary N) is 1. The Balaban J connectivity index is 1.51. The van der Waals surface area contributed by atoms with Crippen LogP contribution in [0.2, 0.25) is 0 Å². The number of hydrogen-bond donors (Lipinski definition) is 1. The van der Waals surface area contributed by atoms with Gasteiger partial charge >= 0.3 is 0 Å². The molecule has 178 valence electrons. The summed E-state index contributed by atoms with van der Waals surface area (Å²) in [6, 6.07) is 17.5. The van der Waals surface area contributed by atoms with Crippen LogP contribution in [0.3, 0.4) is 0 Å². The second kappa shape index (κ2) is 9.76. The summed E-state index contributed by atoms with van der Waals surface area (Å²) in [6.45, 7) is 11.0. The van der Waals surface area contributed by atoms with E-state index in [1.807, 2.05) is 18.3 Å². The lowest BCUT2D eigenvalue weighted by molar-refractivity contribution is 0.122. The van der Waals surface area contributed by atoms with Crippen molar-refractivity contribution in [2.45, 2.75) is 39.3 Å². The first-order valence-electron chi connectivity index (χ1n) is 12.2. The number of ether oxygens (including phenoxy) is 1. The van der Waals surface area contributed by atoms with Gasteiger partial charge in [-0.2, -0.15) is 0 Å². The molecule has 2 saturated heterocycles. The van der Waals surface area contributed by atoms with Crippen molar-refractivity contribution in [2.24, 2.45) is 0 Å². The molecule has 0 saturated carbocycles. The molecule has 2 fully saturated rings. The number of benzene rings is 1. The zero-order valence-corrected chi connectivity index (χ0v) is 21.0. The largest absolute Gasteiger partial charge is 0.378 e. The van der Waals surface area contributed by atoms with Gasteiger partial charge < -0.3 is 24.4 Å². The number of nitrogens with zero attached hydrogens (tertiary/aromatic N) is 4. The van der Waals surface area contributed by atoms with Gasteiger partial charge in [0, 0.05) is 48.6 Å². The molecular weight excluding hydrogens is 442 g/mol. The predicted octanol–water partition coefficient (Wildman–Crippen LogP) is 4.71. The number of hydrogen-bond acceptors (Lipinski definition) is 4. The Hall–Kier alpha value is -2.90. The summed E-state index contributed by atoms with van der Waals surface area (Å²) in [4.78, 5) is 9.39. The van der Waals surface area contributed by atoms with Crippen molar-refractivity contribution >= 4 is 23.0 Å². The van der Waals surface area contributed by atoms with Gasteiger partial charge in [-0.15, -0.1) is 0 Å².